The first kappa shape index (κ1) is 21.9. The molecular formula is C16H21F3O7S. The maximum Gasteiger partial charge on any atom is 0.534 e. The van der Waals surface area contributed by atoms with Crippen molar-refractivity contribution in [2.24, 2.45) is 5.92 Å². The molecule has 11 heteroatoms. The fourth-order valence-electron chi connectivity index (χ4n) is 2.92. The smallest absolute Gasteiger partial charge is 0.376 e. The molecule has 3 atom stereocenters. The molecule has 0 aliphatic carbocycles. The highest BCUT2D eigenvalue weighted by atomic mass is 32.2. The Balaban J connectivity index is 2.23. The molecule has 0 spiro atoms. The van der Waals surface area contributed by atoms with Crippen molar-refractivity contribution in [2.45, 2.75) is 37.0 Å². The minimum absolute atomic E-state index is 0.197. The van der Waals surface area contributed by atoms with E-state index in [2.05, 4.69) is 4.18 Å². The van der Waals surface area contributed by atoms with Crippen molar-refractivity contribution in [1.29, 1.82) is 0 Å². The molecule has 154 valence electrons. The average molecular weight is 414 g/mol. The Morgan fingerprint density at radius 1 is 1.07 bits per heavy atom. The minimum Gasteiger partial charge on any atom is -0.376 e. The summed E-state index contributed by atoms with van der Waals surface area (Å²) < 4.78 is 85.3. The van der Waals surface area contributed by atoms with E-state index in [0.717, 1.165) is 12.1 Å². The minimum atomic E-state index is -5.72. The summed E-state index contributed by atoms with van der Waals surface area (Å²) in [6, 6.07) is 5.12. The monoisotopic (exact) mass is 414 g/mol. The van der Waals surface area contributed by atoms with E-state index in [1.807, 2.05) is 0 Å². The lowest BCUT2D eigenvalue weighted by molar-refractivity contribution is -0.245. The van der Waals surface area contributed by atoms with Gasteiger partial charge in [-0.25, -0.2) is 0 Å². The molecule has 0 radical (unpaired) electrons. The van der Waals surface area contributed by atoms with Crippen LogP contribution in [0.3, 0.4) is 0 Å². The van der Waals surface area contributed by atoms with Crippen LogP contribution in [0.1, 0.15) is 24.5 Å². The van der Waals surface area contributed by atoms with Gasteiger partial charge in [-0.3, -0.25) is 0 Å². The average Bonchev–Trinajstić information content (AvgIpc) is 2.62. The number of hydrogen-bond acceptors (Lipinski definition) is 7. The SMILES string of the molecule is COC1CC[C@H](C(OC)OC)[C@H](c2ccc(OS(=O)(=O)C(F)(F)F)cc2)O1. The van der Waals surface area contributed by atoms with Gasteiger partial charge in [-0.1, -0.05) is 12.1 Å². The summed E-state index contributed by atoms with van der Waals surface area (Å²) in [5.41, 5.74) is -4.91. The second-order valence-electron chi connectivity index (χ2n) is 5.86. The first-order chi connectivity index (χ1) is 12.6. The molecule has 1 aliphatic heterocycles. The fourth-order valence-corrected chi connectivity index (χ4v) is 3.38. The number of halogens is 3. The van der Waals surface area contributed by atoms with Crippen molar-refractivity contribution in [3.63, 3.8) is 0 Å². The third-order valence-electron chi connectivity index (χ3n) is 4.20. The van der Waals surface area contributed by atoms with E-state index >= 15 is 0 Å². The largest absolute Gasteiger partial charge is 0.534 e. The molecule has 1 saturated heterocycles. The first-order valence-electron chi connectivity index (χ1n) is 7.97. The van der Waals surface area contributed by atoms with Crippen molar-refractivity contribution in [1.82, 2.24) is 0 Å². The molecule has 0 N–H and O–H groups in total. The van der Waals surface area contributed by atoms with Gasteiger partial charge < -0.3 is 23.1 Å². The molecule has 27 heavy (non-hydrogen) atoms. The van der Waals surface area contributed by atoms with E-state index in [9.17, 15) is 21.6 Å². The van der Waals surface area contributed by atoms with E-state index < -0.39 is 40.1 Å². The van der Waals surface area contributed by atoms with Gasteiger partial charge >= 0.3 is 15.6 Å². The molecule has 1 unspecified atom stereocenters. The molecule has 1 aliphatic rings. The number of ether oxygens (including phenoxy) is 4. The van der Waals surface area contributed by atoms with Gasteiger partial charge in [-0.2, -0.15) is 21.6 Å². The van der Waals surface area contributed by atoms with Crippen molar-refractivity contribution >= 4 is 10.1 Å². The maximum atomic E-state index is 12.4. The second-order valence-corrected chi connectivity index (χ2v) is 7.39. The highest BCUT2D eigenvalue weighted by molar-refractivity contribution is 7.88. The summed E-state index contributed by atoms with van der Waals surface area (Å²) >= 11 is 0. The van der Waals surface area contributed by atoms with Gasteiger partial charge in [-0.15, -0.1) is 0 Å². The molecule has 0 bridgehead atoms. The Kier molecular flexibility index (Phi) is 7.09. The third kappa shape index (κ3) is 5.11. The zero-order chi connectivity index (χ0) is 20.2. The highest BCUT2D eigenvalue weighted by Gasteiger charge is 2.48. The Morgan fingerprint density at radius 2 is 1.67 bits per heavy atom. The number of methoxy groups -OCH3 is 3. The van der Waals surface area contributed by atoms with Gasteiger partial charge in [-0.05, 0) is 30.5 Å². The normalized spacial score (nSPS) is 24.2. The molecule has 0 saturated carbocycles. The van der Waals surface area contributed by atoms with Crippen LogP contribution in [-0.4, -0.2) is 47.8 Å². The van der Waals surface area contributed by atoms with Crippen LogP contribution in [0.5, 0.6) is 5.75 Å². The Hall–Kier alpha value is -1.40. The zero-order valence-electron chi connectivity index (χ0n) is 14.9. The zero-order valence-corrected chi connectivity index (χ0v) is 15.7. The predicted molar refractivity (Wildman–Crippen MR) is 87.2 cm³/mol. The molecular weight excluding hydrogens is 393 g/mol. The van der Waals surface area contributed by atoms with Crippen molar-refractivity contribution in [2.75, 3.05) is 21.3 Å². The summed E-state index contributed by atoms with van der Waals surface area (Å²) in [6.45, 7) is 0. The summed E-state index contributed by atoms with van der Waals surface area (Å²) in [5, 5.41) is 0. The van der Waals surface area contributed by atoms with Crippen LogP contribution >= 0.6 is 0 Å². The van der Waals surface area contributed by atoms with E-state index in [1.54, 1.807) is 0 Å². The molecule has 1 heterocycles. The number of alkyl halides is 3. The summed E-state index contributed by atoms with van der Waals surface area (Å²) in [4.78, 5) is 0. The maximum absolute atomic E-state index is 12.4. The van der Waals surface area contributed by atoms with Crippen molar-refractivity contribution in [3.8, 4) is 5.75 Å². The summed E-state index contributed by atoms with van der Waals surface area (Å²) in [7, 11) is -1.23. The molecule has 1 aromatic carbocycles. The van der Waals surface area contributed by atoms with Crippen LogP contribution < -0.4 is 4.18 Å². The molecule has 1 aromatic rings. The third-order valence-corrected chi connectivity index (χ3v) is 5.18. The predicted octanol–water partition coefficient (Wildman–Crippen LogP) is 2.97. The fraction of sp³-hybridized carbons (Fsp3) is 0.625. The Morgan fingerprint density at radius 3 is 2.15 bits per heavy atom. The highest BCUT2D eigenvalue weighted by Crippen LogP contribution is 2.40. The van der Waals surface area contributed by atoms with Gasteiger partial charge in [0.25, 0.3) is 0 Å². The van der Waals surface area contributed by atoms with Crippen molar-refractivity contribution in [3.05, 3.63) is 29.8 Å². The van der Waals surface area contributed by atoms with Gasteiger partial charge in [0.2, 0.25) is 0 Å². The quantitative estimate of drug-likeness (QED) is 0.386. The topological polar surface area (TPSA) is 80.3 Å². The lowest BCUT2D eigenvalue weighted by Gasteiger charge is -2.38. The number of benzene rings is 1. The van der Waals surface area contributed by atoms with Crippen LogP contribution in [0.15, 0.2) is 24.3 Å². The Bertz CT molecular complexity index is 702. The van der Waals surface area contributed by atoms with E-state index in [4.69, 9.17) is 18.9 Å². The molecule has 0 amide bonds. The van der Waals surface area contributed by atoms with Gasteiger partial charge in [0, 0.05) is 27.2 Å². The van der Waals surface area contributed by atoms with Gasteiger partial charge in [0.05, 0.1) is 6.10 Å². The van der Waals surface area contributed by atoms with Crippen LogP contribution in [0.2, 0.25) is 0 Å². The molecule has 1 fully saturated rings. The lowest BCUT2D eigenvalue weighted by Crippen LogP contribution is -2.38. The van der Waals surface area contributed by atoms with Crippen LogP contribution in [0, 0.1) is 5.92 Å². The van der Waals surface area contributed by atoms with E-state index in [1.165, 1.54) is 33.5 Å². The standard InChI is InChI=1S/C16H21F3O7S/c1-22-13-9-8-12(15(23-2)24-3)14(25-13)10-4-6-11(7-5-10)26-27(20,21)16(17,18)19/h4-7,12-15H,8-9H2,1-3H3/t12-,13?,14-/m0/s1. The van der Waals surface area contributed by atoms with Gasteiger partial charge in [0.15, 0.2) is 12.6 Å². The lowest BCUT2D eigenvalue weighted by atomic mass is 9.88. The van der Waals surface area contributed by atoms with Crippen LogP contribution in [-0.2, 0) is 29.1 Å². The number of rotatable bonds is 7. The summed E-state index contributed by atoms with van der Waals surface area (Å²) in [5.74, 6) is -0.654. The van der Waals surface area contributed by atoms with Crippen LogP contribution in [0.25, 0.3) is 0 Å². The first-order valence-corrected chi connectivity index (χ1v) is 9.38. The summed E-state index contributed by atoms with van der Waals surface area (Å²) in [6.07, 6.45) is -0.263. The van der Waals surface area contributed by atoms with Crippen LogP contribution in [0.4, 0.5) is 13.2 Å². The molecule has 2 rings (SSSR count). The van der Waals surface area contributed by atoms with E-state index in [-0.39, 0.29) is 5.92 Å². The molecule has 7 nitrogen and oxygen atoms in total. The number of hydrogen-bond donors (Lipinski definition) is 0. The van der Waals surface area contributed by atoms with Crippen molar-refractivity contribution < 1.29 is 44.7 Å². The Labute approximate surface area is 155 Å². The second kappa shape index (κ2) is 8.74. The molecule has 0 aromatic heterocycles. The van der Waals surface area contributed by atoms with Gasteiger partial charge in [0.1, 0.15) is 5.75 Å². The van der Waals surface area contributed by atoms with E-state index in [0.29, 0.717) is 18.4 Å².